The highest BCUT2D eigenvalue weighted by Gasteiger charge is 2.19. The van der Waals surface area contributed by atoms with Gasteiger partial charge < -0.3 is 19.5 Å². The van der Waals surface area contributed by atoms with Gasteiger partial charge in [0.2, 0.25) is 5.91 Å². The van der Waals surface area contributed by atoms with Crippen molar-refractivity contribution in [1.82, 2.24) is 14.8 Å². The molecule has 4 rings (SSSR count). The molecule has 1 atom stereocenters. The summed E-state index contributed by atoms with van der Waals surface area (Å²) in [6, 6.07) is 20.5. The predicted octanol–water partition coefficient (Wildman–Crippen LogP) is 2.76. The molecule has 1 saturated heterocycles. The molecule has 1 fully saturated rings. The lowest BCUT2D eigenvalue weighted by Gasteiger charge is -2.30. The third-order valence-electron chi connectivity index (χ3n) is 5.05. The number of likely N-dealkylation sites (N-methyl/N-ethyl adjacent to an activating group) is 1. The molecule has 5 nitrogen and oxygen atoms in total. The molecular formula is C22H25N3O2. The second-order valence-corrected chi connectivity index (χ2v) is 7.10. The summed E-state index contributed by atoms with van der Waals surface area (Å²) in [5.41, 5.74) is 3.24. The molecule has 2 aromatic carbocycles. The highest BCUT2D eigenvalue weighted by molar-refractivity contribution is 5.89. The fraction of sp³-hybridized carbons (Fsp3) is 0.318. The zero-order chi connectivity index (χ0) is 18.6. The van der Waals surface area contributed by atoms with Gasteiger partial charge in [0.1, 0.15) is 6.54 Å². The number of carbonyl (C=O) groups excluding carboxylic acids is 1. The summed E-state index contributed by atoms with van der Waals surface area (Å²) in [7, 11) is 2.08. The molecule has 0 bridgehead atoms. The van der Waals surface area contributed by atoms with Crippen LogP contribution < -0.4 is 5.32 Å². The van der Waals surface area contributed by atoms with E-state index in [0.29, 0.717) is 13.1 Å². The van der Waals surface area contributed by atoms with Gasteiger partial charge in [-0.25, -0.2) is 0 Å². The number of para-hydroxylation sites is 1. The highest BCUT2D eigenvalue weighted by atomic mass is 16.5. The van der Waals surface area contributed by atoms with Crippen LogP contribution in [-0.4, -0.2) is 54.8 Å². The SMILES string of the molecule is CN1CCOC(CNC(=O)Cn2c(-c3ccccc3)cc3ccccc32)C1. The lowest BCUT2D eigenvalue weighted by Crippen LogP contribution is -2.46. The Kier molecular flexibility index (Phi) is 5.23. The number of benzene rings is 2. The summed E-state index contributed by atoms with van der Waals surface area (Å²) in [6.07, 6.45) is 0.0581. The summed E-state index contributed by atoms with van der Waals surface area (Å²) < 4.78 is 7.83. The van der Waals surface area contributed by atoms with E-state index in [2.05, 4.69) is 52.2 Å². The van der Waals surface area contributed by atoms with E-state index < -0.39 is 0 Å². The lowest BCUT2D eigenvalue weighted by molar-refractivity contribution is -0.122. The Morgan fingerprint density at radius 3 is 2.74 bits per heavy atom. The van der Waals surface area contributed by atoms with Gasteiger partial charge in [0, 0.05) is 36.2 Å². The molecule has 1 aliphatic heterocycles. The van der Waals surface area contributed by atoms with E-state index in [-0.39, 0.29) is 12.0 Å². The minimum atomic E-state index is 0.00496. The summed E-state index contributed by atoms with van der Waals surface area (Å²) in [5.74, 6) is 0.00496. The molecule has 2 heterocycles. The summed E-state index contributed by atoms with van der Waals surface area (Å²) in [4.78, 5) is 14.9. The van der Waals surface area contributed by atoms with Crippen LogP contribution in [0.5, 0.6) is 0 Å². The van der Waals surface area contributed by atoms with E-state index >= 15 is 0 Å². The number of aromatic nitrogens is 1. The first-order valence-electron chi connectivity index (χ1n) is 9.41. The molecule has 5 heteroatoms. The normalized spacial score (nSPS) is 17.9. The standard InChI is InChI=1S/C22H25N3O2/c1-24-11-12-27-19(15-24)14-23-22(26)16-25-20-10-6-5-9-18(20)13-21(25)17-7-3-2-4-8-17/h2-10,13,19H,11-12,14-16H2,1H3,(H,23,26). The summed E-state index contributed by atoms with van der Waals surface area (Å²) in [6.45, 7) is 3.35. The molecule has 0 aliphatic carbocycles. The Balaban J connectivity index is 1.53. The summed E-state index contributed by atoms with van der Waals surface area (Å²) in [5, 5.41) is 4.18. The number of nitrogens with one attached hydrogen (secondary N) is 1. The van der Waals surface area contributed by atoms with Crippen molar-refractivity contribution in [3.05, 3.63) is 60.7 Å². The van der Waals surface area contributed by atoms with Crippen molar-refractivity contribution < 1.29 is 9.53 Å². The van der Waals surface area contributed by atoms with Gasteiger partial charge in [0.15, 0.2) is 0 Å². The number of nitrogens with zero attached hydrogens (tertiary/aromatic N) is 2. The van der Waals surface area contributed by atoms with Crippen molar-refractivity contribution in [2.75, 3.05) is 33.3 Å². The van der Waals surface area contributed by atoms with Crippen molar-refractivity contribution >= 4 is 16.8 Å². The van der Waals surface area contributed by atoms with Gasteiger partial charge in [0.25, 0.3) is 0 Å². The number of fused-ring (bicyclic) bond motifs is 1. The Bertz CT molecular complexity index is 920. The quantitative estimate of drug-likeness (QED) is 0.758. The van der Waals surface area contributed by atoms with Crippen LogP contribution in [-0.2, 0) is 16.1 Å². The molecule has 0 radical (unpaired) electrons. The molecule has 140 valence electrons. The second-order valence-electron chi connectivity index (χ2n) is 7.10. The maximum Gasteiger partial charge on any atom is 0.240 e. The second kappa shape index (κ2) is 7.94. The highest BCUT2D eigenvalue weighted by Crippen LogP contribution is 2.28. The van der Waals surface area contributed by atoms with Crippen LogP contribution in [0.15, 0.2) is 60.7 Å². The predicted molar refractivity (Wildman–Crippen MR) is 108 cm³/mol. The number of amides is 1. The van der Waals surface area contributed by atoms with Gasteiger partial charge in [0.05, 0.1) is 12.7 Å². The van der Waals surface area contributed by atoms with Gasteiger partial charge in [-0.05, 0) is 24.7 Å². The molecule has 1 aromatic heterocycles. The molecule has 0 spiro atoms. The van der Waals surface area contributed by atoms with Crippen molar-refractivity contribution in [3.63, 3.8) is 0 Å². The molecule has 1 N–H and O–H groups in total. The van der Waals surface area contributed by atoms with Crippen LogP contribution >= 0.6 is 0 Å². The Labute approximate surface area is 159 Å². The molecule has 3 aromatic rings. The third-order valence-corrected chi connectivity index (χ3v) is 5.05. The van der Waals surface area contributed by atoms with E-state index in [1.165, 1.54) is 0 Å². The van der Waals surface area contributed by atoms with Crippen LogP contribution in [0, 0.1) is 0 Å². The molecule has 1 unspecified atom stereocenters. The fourth-order valence-electron chi connectivity index (χ4n) is 3.65. The van der Waals surface area contributed by atoms with Crippen molar-refractivity contribution in [2.24, 2.45) is 0 Å². The monoisotopic (exact) mass is 363 g/mol. The van der Waals surface area contributed by atoms with Crippen molar-refractivity contribution in [1.29, 1.82) is 0 Å². The van der Waals surface area contributed by atoms with E-state index in [9.17, 15) is 4.79 Å². The van der Waals surface area contributed by atoms with Crippen LogP contribution in [0.4, 0.5) is 0 Å². The lowest BCUT2D eigenvalue weighted by atomic mass is 10.1. The third kappa shape index (κ3) is 4.04. The average molecular weight is 363 g/mol. The van der Waals surface area contributed by atoms with Crippen molar-refractivity contribution in [3.8, 4) is 11.3 Å². The number of morpholine rings is 1. The number of hydrogen-bond donors (Lipinski definition) is 1. The Morgan fingerprint density at radius 1 is 1.15 bits per heavy atom. The van der Waals surface area contributed by atoms with Crippen molar-refractivity contribution in [2.45, 2.75) is 12.6 Å². The number of hydrogen-bond acceptors (Lipinski definition) is 3. The maximum absolute atomic E-state index is 12.7. The number of carbonyl (C=O) groups is 1. The summed E-state index contributed by atoms with van der Waals surface area (Å²) >= 11 is 0. The van der Waals surface area contributed by atoms with Crippen LogP contribution in [0.2, 0.25) is 0 Å². The van der Waals surface area contributed by atoms with Crippen LogP contribution in [0.3, 0.4) is 0 Å². The van der Waals surface area contributed by atoms with Crippen LogP contribution in [0.1, 0.15) is 0 Å². The fourth-order valence-corrected chi connectivity index (χ4v) is 3.65. The largest absolute Gasteiger partial charge is 0.374 e. The van der Waals surface area contributed by atoms with E-state index in [1.54, 1.807) is 0 Å². The van der Waals surface area contributed by atoms with Gasteiger partial charge in [-0.15, -0.1) is 0 Å². The van der Waals surface area contributed by atoms with Gasteiger partial charge >= 0.3 is 0 Å². The first kappa shape index (κ1) is 17.8. The topological polar surface area (TPSA) is 46.5 Å². The van der Waals surface area contributed by atoms with E-state index in [4.69, 9.17) is 4.74 Å². The van der Waals surface area contributed by atoms with Gasteiger partial charge in [-0.1, -0.05) is 48.5 Å². The first-order valence-corrected chi connectivity index (χ1v) is 9.41. The molecule has 1 amide bonds. The Morgan fingerprint density at radius 2 is 1.93 bits per heavy atom. The minimum Gasteiger partial charge on any atom is -0.374 e. The van der Waals surface area contributed by atoms with E-state index in [1.807, 2.05) is 30.3 Å². The molecular weight excluding hydrogens is 338 g/mol. The number of ether oxygens (including phenoxy) is 1. The van der Waals surface area contributed by atoms with Crippen LogP contribution in [0.25, 0.3) is 22.2 Å². The smallest absolute Gasteiger partial charge is 0.240 e. The number of rotatable bonds is 5. The first-order chi connectivity index (χ1) is 13.2. The zero-order valence-electron chi connectivity index (χ0n) is 15.6. The average Bonchev–Trinajstić information content (AvgIpc) is 3.06. The molecule has 1 aliphatic rings. The van der Waals surface area contributed by atoms with E-state index in [0.717, 1.165) is 41.9 Å². The minimum absolute atomic E-state index is 0.00496. The van der Waals surface area contributed by atoms with Gasteiger partial charge in [-0.3, -0.25) is 4.79 Å². The molecule has 0 saturated carbocycles. The Hall–Kier alpha value is -2.63. The zero-order valence-corrected chi connectivity index (χ0v) is 15.6. The van der Waals surface area contributed by atoms with Gasteiger partial charge in [-0.2, -0.15) is 0 Å². The molecule has 27 heavy (non-hydrogen) atoms. The maximum atomic E-state index is 12.7.